The summed E-state index contributed by atoms with van der Waals surface area (Å²) in [7, 11) is 0. The van der Waals surface area contributed by atoms with Crippen molar-refractivity contribution in [1.29, 1.82) is 0 Å². The molecule has 1 heterocycles. The molecule has 0 fully saturated rings. The first-order valence-electron chi connectivity index (χ1n) is 7.35. The van der Waals surface area contributed by atoms with Gasteiger partial charge in [0.15, 0.2) is 0 Å². The summed E-state index contributed by atoms with van der Waals surface area (Å²) in [5.74, 6) is 1.41. The smallest absolute Gasteiger partial charge is 0.234 e. The van der Waals surface area contributed by atoms with Gasteiger partial charge < -0.3 is 0 Å². The quantitative estimate of drug-likeness (QED) is 0.697. The third-order valence-electron chi connectivity index (χ3n) is 3.55. The van der Waals surface area contributed by atoms with Gasteiger partial charge in [-0.2, -0.15) is 0 Å². The number of unbranched alkanes of at least 4 members (excludes halogenated alkanes) is 1. The summed E-state index contributed by atoms with van der Waals surface area (Å²) in [6, 6.07) is 11.3. The van der Waals surface area contributed by atoms with Crippen molar-refractivity contribution >= 4 is 0 Å². The van der Waals surface area contributed by atoms with Crippen molar-refractivity contribution in [3.63, 3.8) is 0 Å². The Labute approximate surface area is 116 Å². The topological polar surface area (TPSA) is 8.81 Å². The van der Waals surface area contributed by atoms with E-state index in [4.69, 9.17) is 0 Å². The van der Waals surface area contributed by atoms with Gasteiger partial charge in [0.05, 0.1) is 19.0 Å². The summed E-state index contributed by atoms with van der Waals surface area (Å²) < 4.78 is 4.80. The zero-order valence-corrected chi connectivity index (χ0v) is 12.3. The largest absolute Gasteiger partial charge is 0.261 e. The highest BCUT2D eigenvalue weighted by atomic mass is 15.2. The van der Waals surface area contributed by atoms with Crippen molar-refractivity contribution in [3.8, 4) is 0 Å². The van der Waals surface area contributed by atoms with Gasteiger partial charge in [-0.25, -0.2) is 9.13 Å². The Morgan fingerprint density at radius 2 is 1.89 bits per heavy atom. The van der Waals surface area contributed by atoms with Crippen LogP contribution < -0.4 is 4.57 Å². The molecule has 0 aliphatic heterocycles. The lowest BCUT2D eigenvalue weighted by Crippen LogP contribution is -2.37. The van der Waals surface area contributed by atoms with E-state index in [0.717, 1.165) is 13.0 Å². The third kappa shape index (κ3) is 3.46. The van der Waals surface area contributed by atoms with Gasteiger partial charge in [0.2, 0.25) is 0 Å². The van der Waals surface area contributed by atoms with Gasteiger partial charge in [0.25, 0.3) is 5.82 Å². The van der Waals surface area contributed by atoms with Crippen LogP contribution in [0, 0.1) is 0 Å². The minimum atomic E-state index is 0.515. The predicted molar refractivity (Wildman–Crippen MR) is 79.2 cm³/mol. The molecule has 0 aliphatic rings. The van der Waals surface area contributed by atoms with E-state index in [2.05, 4.69) is 72.6 Å². The molecule has 0 radical (unpaired) electrons. The second kappa shape index (κ2) is 6.55. The maximum absolute atomic E-state index is 2.41. The average Bonchev–Trinajstić information content (AvgIpc) is 2.80. The number of aromatic nitrogens is 2. The van der Waals surface area contributed by atoms with Crippen LogP contribution in [0.4, 0.5) is 0 Å². The summed E-state index contributed by atoms with van der Waals surface area (Å²) in [5, 5.41) is 0. The molecule has 102 valence electrons. The SMILES string of the molecule is CCCC[n+]1ccn(C(C)C)c1Cc1ccccc1. The fraction of sp³-hybridized carbons (Fsp3) is 0.471. The molecule has 2 aromatic rings. The fourth-order valence-electron chi connectivity index (χ4n) is 2.45. The summed E-state index contributed by atoms with van der Waals surface area (Å²) in [6.45, 7) is 7.87. The fourth-order valence-corrected chi connectivity index (χ4v) is 2.45. The summed E-state index contributed by atoms with van der Waals surface area (Å²) in [6.07, 6.45) is 7.95. The predicted octanol–water partition coefficient (Wildman–Crippen LogP) is 3.75. The van der Waals surface area contributed by atoms with Crippen LogP contribution >= 0.6 is 0 Å². The van der Waals surface area contributed by atoms with E-state index >= 15 is 0 Å². The highest BCUT2D eigenvalue weighted by Crippen LogP contribution is 2.12. The Morgan fingerprint density at radius 1 is 1.16 bits per heavy atom. The van der Waals surface area contributed by atoms with Crippen molar-refractivity contribution in [2.45, 2.75) is 52.6 Å². The lowest BCUT2D eigenvalue weighted by atomic mass is 10.1. The number of benzene rings is 1. The summed E-state index contributed by atoms with van der Waals surface area (Å²) in [5.41, 5.74) is 1.38. The number of rotatable bonds is 6. The molecule has 1 aromatic carbocycles. The van der Waals surface area contributed by atoms with Gasteiger partial charge in [-0.1, -0.05) is 43.7 Å². The van der Waals surface area contributed by atoms with E-state index in [1.54, 1.807) is 0 Å². The molecular formula is C17H25N2+. The number of imidazole rings is 1. The molecule has 2 heteroatoms. The maximum Gasteiger partial charge on any atom is 0.261 e. The van der Waals surface area contributed by atoms with E-state index in [-0.39, 0.29) is 0 Å². The minimum absolute atomic E-state index is 0.515. The molecule has 0 unspecified atom stereocenters. The molecule has 0 spiro atoms. The zero-order chi connectivity index (χ0) is 13.7. The number of hydrogen-bond acceptors (Lipinski definition) is 0. The van der Waals surface area contributed by atoms with E-state index in [1.165, 1.54) is 24.2 Å². The highest BCUT2D eigenvalue weighted by Gasteiger charge is 2.19. The molecule has 0 atom stereocenters. The van der Waals surface area contributed by atoms with Gasteiger partial charge >= 0.3 is 0 Å². The third-order valence-corrected chi connectivity index (χ3v) is 3.55. The molecule has 0 aliphatic carbocycles. The Morgan fingerprint density at radius 3 is 2.53 bits per heavy atom. The van der Waals surface area contributed by atoms with Crippen molar-refractivity contribution < 1.29 is 4.57 Å². The molecule has 0 saturated heterocycles. The average molecular weight is 257 g/mol. The van der Waals surface area contributed by atoms with Crippen LogP contribution in [0.2, 0.25) is 0 Å². The molecule has 0 N–H and O–H groups in total. The molecule has 2 nitrogen and oxygen atoms in total. The second-order valence-corrected chi connectivity index (χ2v) is 5.42. The molecule has 0 bridgehead atoms. The van der Waals surface area contributed by atoms with E-state index in [0.29, 0.717) is 6.04 Å². The van der Waals surface area contributed by atoms with E-state index in [1.807, 2.05) is 0 Å². The molecular weight excluding hydrogens is 232 g/mol. The van der Waals surface area contributed by atoms with Gasteiger partial charge in [-0.15, -0.1) is 0 Å². The lowest BCUT2D eigenvalue weighted by molar-refractivity contribution is -0.703. The van der Waals surface area contributed by atoms with Crippen LogP contribution in [0.3, 0.4) is 0 Å². The number of hydrogen-bond donors (Lipinski definition) is 0. The standard InChI is InChI=1S/C17H25N2/c1-4-5-11-18-12-13-19(15(2)3)17(18)14-16-9-7-6-8-10-16/h6-10,12-13,15H,4-5,11,14H2,1-3H3/q+1. The molecule has 2 rings (SSSR count). The number of nitrogens with zero attached hydrogens (tertiary/aromatic N) is 2. The van der Waals surface area contributed by atoms with Crippen LogP contribution in [-0.2, 0) is 13.0 Å². The molecule has 19 heavy (non-hydrogen) atoms. The first-order valence-corrected chi connectivity index (χ1v) is 7.35. The minimum Gasteiger partial charge on any atom is -0.234 e. The van der Waals surface area contributed by atoms with Gasteiger partial charge in [0, 0.05) is 0 Å². The Bertz CT molecular complexity index is 497. The van der Waals surface area contributed by atoms with Crippen molar-refractivity contribution in [2.24, 2.45) is 0 Å². The Hall–Kier alpha value is -1.57. The van der Waals surface area contributed by atoms with Crippen molar-refractivity contribution in [1.82, 2.24) is 4.57 Å². The summed E-state index contributed by atoms with van der Waals surface area (Å²) >= 11 is 0. The van der Waals surface area contributed by atoms with Crippen LogP contribution in [-0.4, -0.2) is 4.57 Å². The van der Waals surface area contributed by atoms with Crippen LogP contribution in [0.5, 0.6) is 0 Å². The molecule has 1 aromatic heterocycles. The maximum atomic E-state index is 2.41. The zero-order valence-electron chi connectivity index (χ0n) is 12.3. The Balaban J connectivity index is 2.27. The van der Waals surface area contributed by atoms with Crippen molar-refractivity contribution in [2.75, 3.05) is 0 Å². The van der Waals surface area contributed by atoms with Crippen LogP contribution in [0.1, 0.15) is 51.0 Å². The highest BCUT2D eigenvalue weighted by molar-refractivity contribution is 5.18. The van der Waals surface area contributed by atoms with E-state index < -0.39 is 0 Å². The lowest BCUT2D eigenvalue weighted by Gasteiger charge is -2.08. The first kappa shape index (κ1) is 13.9. The number of aryl methyl sites for hydroxylation is 1. The van der Waals surface area contributed by atoms with Crippen LogP contribution in [0.25, 0.3) is 0 Å². The van der Waals surface area contributed by atoms with E-state index in [9.17, 15) is 0 Å². The van der Waals surface area contributed by atoms with Crippen molar-refractivity contribution in [3.05, 3.63) is 54.1 Å². The van der Waals surface area contributed by atoms with Gasteiger partial charge in [-0.3, -0.25) is 0 Å². The first-order chi connectivity index (χ1) is 9.22. The normalized spacial score (nSPS) is 11.2. The van der Waals surface area contributed by atoms with Gasteiger partial charge in [0.1, 0.15) is 12.4 Å². The van der Waals surface area contributed by atoms with Gasteiger partial charge in [-0.05, 0) is 25.8 Å². The monoisotopic (exact) mass is 257 g/mol. The summed E-state index contributed by atoms with van der Waals surface area (Å²) in [4.78, 5) is 0. The molecule has 0 amide bonds. The second-order valence-electron chi connectivity index (χ2n) is 5.42. The Kier molecular flexibility index (Phi) is 4.78. The van der Waals surface area contributed by atoms with Crippen LogP contribution in [0.15, 0.2) is 42.7 Å². The molecule has 0 saturated carbocycles.